The lowest BCUT2D eigenvalue weighted by Gasteiger charge is -2.03. The first kappa shape index (κ1) is 10.1. The van der Waals surface area contributed by atoms with Crippen molar-refractivity contribution < 1.29 is 0 Å². The monoisotopic (exact) mass is 181 g/mol. The maximum absolute atomic E-state index is 4.36. The van der Waals surface area contributed by atoms with Crippen molar-refractivity contribution in [2.24, 2.45) is 7.05 Å². The van der Waals surface area contributed by atoms with Gasteiger partial charge in [-0.25, -0.2) is 0 Å². The van der Waals surface area contributed by atoms with Gasteiger partial charge in [0.05, 0.1) is 5.69 Å². The Bertz CT molecular complexity index is 253. The molecule has 0 aliphatic rings. The van der Waals surface area contributed by atoms with Crippen molar-refractivity contribution in [2.75, 3.05) is 11.9 Å². The van der Waals surface area contributed by atoms with E-state index in [2.05, 4.69) is 30.3 Å². The molecule has 74 valence electrons. The Morgan fingerprint density at radius 3 is 2.77 bits per heavy atom. The van der Waals surface area contributed by atoms with Gasteiger partial charge >= 0.3 is 0 Å². The van der Waals surface area contributed by atoms with Crippen LogP contribution in [0.5, 0.6) is 0 Å². The van der Waals surface area contributed by atoms with Crippen molar-refractivity contribution >= 4 is 5.82 Å². The van der Waals surface area contributed by atoms with Crippen LogP contribution in [-0.2, 0) is 13.5 Å². The molecule has 0 aromatic carbocycles. The third-order valence-electron chi connectivity index (χ3n) is 2.13. The second-order valence-electron chi connectivity index (χ2n) is 3.28. The maximum atomic E-state index is 4.36. The van der Waals surface area contributed by atoms with Crippen LogP contribution in [-0.4, -0.2) is 16.3 Å². The molecule has 0 aliphatic heterocycles. The molecule has 1 aromatic heterocycles. The van der Waals surface area contributed by atoms with Gasteiger partial charge in [0.2, 0.25) is 0 Å². The fraction of sp³-hybridized carbons (Fsp3) is 0.700. The molecule has 0 unspecified atom stereocenters. The third-order valence-corrected chi connectivity index (χ3v) is 2.13. The summed E-state index contributed by atoms with van der Waals surface area (Å²) in [6, 6.07) is 2.12. The topological polar surface area (TPSA) is 29.9 Å². The molecule has 3 nitrogen and oxygen atoms in total. The molecular formula is C10H19N3. The Balaban J connectivity index is 2.50. The van der Waals surface area contributed by atoms with Crippen molar-refractivity contribution in [1.82, 2.24) is 9.78 Å². The molecule has 1 rings (SSSR count). The summed E-state index contributed by atoms with van der Waals surface area (Å²) in [4.78, 5) is 0. The summed E-state index contributed by atoms with van der Waals surface area (Å²) in [6.45, 7) is 5.36. The van der Waals surface area contributed by atoms with Crippen molar-refractivity contribution in [3.05, 3.63) is 11.8 Å². The molecule has 0 bridgehead atoms. The van der Waals surface area contributed by atoms with Gasteiger partial charge in [0.25, 0.3) is 0 Å². The number of aromatic nitrogens is 2. The van der Waals surface area contributed by atoms with E-state index in [0.29, 0.717) is 0 Å². The number of nitrogens with zero attached hydrogens (tertiary/aromatic N) is 2. The Morgan fingerprint density at radius 1 is 1.46 bits per heavy atom. The number of rotatable bonds is 5. The molecule has 0 radical (unpaired) electrons. The predicted octanol–water partition coefficient (Wildman–Crippen LogP) is 2.19. The van der Waals surface area contributed by atoms with Crippen LogP contribution in [0.2, 0.25) is 0 Å². The van der Waals surface area contributed by atoms with Crippen molar-refractivity contribution in [2.45, 2.75) is 33.1 Å². The number of hydrogen-bond donors (Lipinski definition) is 1. The highest BCUT2D eigenvalue weighted by Gasteiger charge is 2.01. The van der Waals surface area contributed by atoms with E-state index < -0.39 is 0 Å². The molecule has 13 heavy (non-hydrogen) atoms. The van der Waals surface area contributed by atoms with Gasteiger partial charge in [-0.3, -0.25) is 4.68 Å². The summed E-state index contributed by atoms with van der Waals surface area (Å²) in [5.74, 6) is 1.13. The molecule has 0 amide bonds. The van der Waals surface area contributed by atoms with Crippen molar-refractivity contribution in [3.8, 4) is 0 Å². The van der Waals surface area contributed by atoms with Crippen molar-refractivity contribution in [1.29, 1.82) is 0 Å². The van der Waals surface area contributed by atoms with E-state index in [1.165, 1.54) is 12.8 Å². The van der Waals surface area contributed by atoms with E-state index in [1.807, 2.05) is 11.7 Å². The van der Waals surface area contributed by atoms with E-state index in [4.69, 9.17) is 0 Å². The molecule has 0 spiro atoms. The molecule has 0 aliphatic carbocycles. The third kappa shape index (κ3) is 2.76. The second-order valence-corrected chi connectivity index (χ2v) is 3.28. The van der Waals surface area contributed by atoms with E-state index in [1.54, 1.807) is 0 Å². The van der Waals surface area contributed by atoms with E-state index in [0.717, 1.165) is 24.5 Å². The highest BCUT2D eigenvalue weighted by atomic mass is 15.3. The van der Waals surface area contributed by atoms with Gasteiger partial charge in [-0.2, -0.15) is 5.10 Å². The van der Waals surface area contributed by atoms with Crippen LogP contribution in [0.15, 0.2) is 6.07 Å². The molecular weight excluding hydrogens is 162 g/mol. The van der Waals surface area contributed by atoms with Gasteiger partial charge in [0.1, 0.15) is 5.82 Å². The van der Waals surface area contributed by atoms with Crippen LogP contribution < -0.4 is 5.32 Å². The van der Waals surface area contributed by atoms with Crippen LogP contribution in [0.1, 0.15) is 32.4 Å². The SMILES string of the molecule is CCCCNc1cc(CC)nn1C. The van der Waals surface area contributed by atoms with Gasteiger partial charge in [-0.1, -0.05) is 20.3 Å². The first-order chi connectivity index (χ1) is 6.27. The van der Waals surface area contributed by atoms with Gasteiger partial charge < -0.3 is 5.32 Å². The first-order valence-electron chi connectivity index (χ1n) is 5.04. The molecule has 3 heteroatoms. The van der Waals surface area contributed by atoms with Gasteiger partial charge in [0, 0.05) is 19.7 Å². The maximum Gasteiger partial charge on any atom is 0.124 e. The van der Waals surface area contributed by atoms with E-state index in [-0.39, 0.29) is 0 Å². The van der Waals surface area contributed by atoms with Crippen LogP contribution in [0.4, 0.5) is 5.82 Å². The number of anilines is 1. The zero-order valence-corrected chi connectivity index (χ0v) is 8.80. The van der Waals surface area contributed by atoms with Crippen LogP contribution in [0.3, 0.4) is 0 Å². The Labute approximate surface area is 80.1 Å². The molecule has 1 N–H and O–H groups in total. The predicted molar refractivity (Wildman–Crippen MR) is 56.0 cm³/mol. The average molecular weight is 181 g/mol. The molecule has 1 aromatic rings. The van der Waals surface area contributed by atoms with Gasteiger partial charge in [0.15, 0.2) is 0 Å². The number of hydrogen-bond acceptors (Lipinski definition) is 2. The lowest BCUT2D eigenvalue weighted by Crippen LogP contribution is -2.05. The van der Waals surface area contributed by atoms with Crippen LogP contribution in [0, 0.1) is 0 Å². The zero-order valence-electron chi connectivity index (χ0n) is 8.80. The zero-order chi connectivity index (χ0) is 9.68. The molecule has 0 fully saturated rings. The first-order valence-corrected chi connectivity index (χ1v) is 5.04. The fourth-order valence-corrected chi connectivity index (χ4v) is 1.26. The van der Waals surface area contributed by atoms with Crippen LogP contribution in [0.25, 0.3) is 0 Å². The van der Waals surface area contributed by atoms with Crippen molar-refractivity contribution in [3.63, 3.8) is 0 Å². The number of unbranched alkanes of at least 4 members (excludes halogenated alkanes) is 1. The molecule has 0 saturated heterocycles. The number of aryl methyl sites for hydroxylation is 2. The second kappa shape index (κ2) is 4.90. The summed E-state index contributed by atoms with van der Waals surface area (Å²) in [6.07, 6.45) is 3.45. The summed E-state index contributed by atoms with van der Waals surface area (Å²) < 4.78 is 1.91. The normalized spacial score (nSPS) is 10.4. The largest absolute Gasteiger partial charge is 0.370 e. The minimum absolute atomic E-state index is 1.00. The smallest absolute Gasteiger partial charge is 0.124 e. The standard InChI is InChI=1S/C10H19N3/c1-4-6-7-11-10-8-9(5-2)12-13(10)3/h8,11H,4-7H2,1-3H3. The quantitative estimate of drug-likeness (QED) is 0.706. The van der Waals surface area contributed by atoms with E-state index >= 15 is 0 Å². The average Bonchev–Trinajstić information content (AvgIpc) is 2.48. The lowest BCUT2D eigenvalue weighted by molar-refractivity contribution is 0.740. The summed E-state index contributed by atoms with van der Waals surface area (Å²) in [7, 11) is 1.98. The molecule has 0 atom stereocenters. The highest BCUT2D eigenvalue weighted by Crippen LogP contribution is 2.09. The summed E-state index contributed by atoms with van der Waals surface area (Å²) >= 11 is 0. The minimum atomic E-state index is 1.00. The van der Waals surface area contributed by atoms with E-state index in [9.17, 15) is 0 Å². The lowest BCUT2D eigenvalue weighted by atomic mass is 10.3. The Kier molecular flexibility index (Phi) is 3.80. The molecule has 0 saturated carbocycles. The summed E-state index contributed by atoms with van der Waals surface area (Å²) in [5, 5.41) is 7.73. The molecule has 1 heterocycles. The van der Waals surface area contributed by atoms with Crippen LogP contribution >= 0.6 is 0 Å². The van der Waals surface area contributed by atoms with Gasteiger partial charge in [-0.15, -0.1) is 0 Å². The number of nitrogens with one attached hydrogen (secondary N) is 1. The Morgan fingerprint density at radius 2 is 2.23 bits per heavy atom. The fourth-order valence-electron chi connectivity index (χ4n) is 1.26. The minimum Gasteiger partial charge on any atom is -0.370 e. The van der Waals surface area contributed by atoms with Gasteiger partial charge in [-0.05, 0) is 12.8 Å². The highest BCUT2D eigenvalue weighted by molar-refractivity contribution is 5.36. The Hall–Kier alpha value is -0.990. The summed E-state index contributed by atoms with van der Waals surface area (Å²) in [5.41, 5.74) is 1.15.